The van der Waals surface area contributed by atoms with E-state index in [-0.39, 0.29) is 5.84 Å². The van der Waals surface area contributed by atoms with Gasteiger partial charge in [-0.1, -0.05) is 206 Å². The standard InChI is InChI=1S/C63H40N2/c64-62(42-15-2-1-3-16-42)65-60(46-32-33-53-52-22-10-13-25-58(52)63(59(53)39-46)56-23-11-8-20-50(56)51-21-9-12-24-57(51)63)35-27-40-26-28-44-37-47(30-29-43(44)36-40)61-49-19-7-5-17-45(49)38-55-48-18-6-4-14-41(48)31-34-54(55)61/h1-39,64H/b35-27+,64-62?,65-60?. The lowest BCUT2D eigenvalue weighted by Crippen LogP contribution is -2.26. The first-order chi connectivity index (χ1) is 32.1. The Kier molecular flexibility index (Phi) is 8.31. The molecular formula is C63H40N2. The Morgan fingerprint density at radius 3 is 1.71 bits per heavy atom. The van der Waals surface area contributed by atoms with E-state index in [1.807, 2.05) is 30.3 Å². The van der Waals surface area contributed by atoms with E-state index >= 15 is 0 Å². The minimum atomic E-state index is -0.472. The van der Waals surface area contributed by atoms with Crippen molar-refractivity contribution < 1.29 is 0 Å². The molecule has 65 heavy (non-hydrogen) atoms. The van der Waals surface area contributed by atoms with Crippen LogP contribution in [-0.4, -0.2) is 11.5 Å². The predicted octanol–water partition coefficient (Wildman–Crippen LogP) is 15.8. The summed E-state index contributed by atoms with van der Waals surface area (Å²) in [6, 6.07) is 81.2. The fraction of sp³-hybridized carbons (Fsp3) is 0.0159. The van der Waals surface area contributed by atoms with Gasteiger partial charge in [0.1, 0.15) is 0 Å². The molecule has 0 bridgehead atoms. The zero-order chi connectivity index (χ0) is 43.1. The number of amidine groups is 1. The number of benzene rings is 11. The Hall–Kier alpha value is -8.46. The molecule has 0 aliphatic heterocycles. The SMILES string of the molecule is N=C(N=C(/C=C/c1ccc2cc(-c3c4ccccc4cc4c3ccc3ccccc34)ccc2c1)c1ccc2c(c1)C1(c3ccccc3-c3ccccc31)c1ccccc1-2)c1ccccc1. The van der Waals surface area contributed by atoms with Gasteiger partial charge in [-0.15, -0.1) is 0 Å². The topological polar surface area (TPSA) is 36.2 Å². The largest absolute Gasteiger partial charge is 0.282 e. The number of fused-ring (bicyclic) bond motifs is 15. The molecule has 11 aromatic carbocycles. The Morgan fingerprint density at radius 2 is 0.969 bits per heavy atom. The first-order valence-corrected chi connectivity index (χ1v) is 22.4. The van der Waals surface area contributed by atoms with Crippen LogP contribution in [0.25, 0.3) is 82.5 Å². The zero-order valence-corrected chi connectivity index (χ0v) is 35.5. The zero-order valence-electron chi connectivity index (χ0n) is 35.5. The normalized spacial score (nSPS) is 13.4. The summed E-state index contributed by atoms with van der Waals surface area (Å²) >= 11 is 0. The Morgan fingerprint density at radius 1 is 0.385 bits per heavy atom. The summed E-state index contributed by atoms with van der Waals surface area (Å²) in [5.74, 6) is 0.223. The average Bonchev–Trinajstić information content (AvgIpc) is 3.84. The molecule has 1 spiro atoms. The molecule has 2 aliphatic rings. The lowest BCUT2D eigenvalue weighted by atomic mass is 9.70. The maximum absolute atomic E-state index is 9.22. The van der Waals surface area contributed by atoms with Crippen molar-refractivity contribution in [1.82, 2.24) is 0 Å². The summed E-state index contributed by atoms with van der Waals surface area (Å²) in [5.41, 5.74) is 15.7. The van der Waals surface area contributed by atoms with Crippen molar-refractivity contribution in [3.63, 3.8) is 0 Å². The summed E-state index contributed by atoms with van der Waals surface area (Å²) in [6.45, 7) is 0. The minimum Gasteiger partial charge on any atom is -0.282 e. The number of nitrogens with one attached hydrogen (secondary N) is 1. The van der Waals surface area contributed by atoms with Crippen LogP contribution in [-0.2, 0) is 5.41 Å². The molecule has 1 N–H and O–H groups in total. The lowest BCUT2D eigenvalue weighted by Gasteiger charge is -2.30. The monoisotopic (exact) mass is 824 g/mol. The molecule has 0 fully saturated rings. The highest BCUT2D eigenvalue weighted by molar-refractivity contribution is 6.21. The van der Waals surface area contributed by atoms with Crippen molar-refractivity contribution in [3.05, 3.63) is 269 Å². The Bertz CT molecular complexity index is 3790. The van der Waals surface area contributed by atoms with Gasteiger partial charge in [-0.05, 0) is 135 Å². The molecule has 13 rings (SSSR count). The van der Waals surface area contributed by atoms with Crippen molar-refractivity contribution >= 4 is 60.7 Å². The predicted molar refractivity (Wildman–Crippen MR) is 273 cm³/mol. The highest BCUT2D eigenvalue weighted by atomic mass is 14.8. The van der Waals surface area contributed by atoms with Crippen LogP contribution in [0, 0.1) is 5.41 Å². The molecule has 11 aromatic rings. The molecule has 0 radical (unpaired) electrons. The van der Waals surface area contributed by atoms with Crippen LogP contribution in [0.2, 0.25) is 0 Å². The minimum absolute atomic E-state index is 0.223. The molecule has 0 heterocycles. The summed E-state index contributed by atoms with van der Waals surface area (Å²) in [5, 5.41) is 19.1. The third-order valence-electron chi connectivity index (χ3n) is 13.9. The van der Waals surface area contributed by atoms with E-state index in [2.05, 4.69) is 206 Å². The van der Waals surface area contributed by atoms with E-state index in [0.717, 1.165) is 27.8 Å². The van der Waals surface area contributed by atoms with Gasteiger partial charge in [-0.3, -0.25) is 5.41 Å². The maximum atomic E-state index is 9.22. The molecule has 302 valence electrons. The second-order valence-corrected chi connectivity index (χ2v) is 17.4. The van der Waals surface area contributed by atoms with Crippen LogP contribution >= 0.6 is 0 Å². The van der Waals surface area contributed by atoms with Crippen LogP contribution in [0.1, 0.15) is 38.9 Å². The van der Waals surface area contributed by atoms with Gasteiger partial charge in [0.15, 0.2) is 5.84 Å². The van der Waals surface area contributed by atoms with E-state index in [0.29, 0.717) is 0 Å². The van der Waals surface area contributed by atoms with Crippen molar-refractivity contribution in [2.24, 2.45) is 4.99 Å². The Labute approximate surface area is 377 Å². The van der Waals surface area contributed by atoms with Gasteiger partial charge < -0.3 is 0 Å². The van der Waals surface area contributed by atoms with Gasteiger partial charge in [0.05, 0.1) is 11.1 Å². The molecule has 0 saturated heterocycles. The number of hydrogen-bond acceptors (Lipinski definition) is 1. The number of hydrogen-bond donors (Lipinski definition) is 1. The Balaban J connectivity index is 0.930. The van der Waals surface area contributed by atoms with Gasteiger partial charge in [0.25, 0.3) is 0 Å². The average molecular weight is 825 g/mol. The molecule has 2 nitrogen and oxygen atoms in total. The molecule has 0 atom stereocenters. The number of aliphatic imine (C=N–C) groups is 1. The van der Waals surface area contributed by atoms with E-state index in [1.54, 1.807) is 0 Å². The second-order valence-electron chi connectivity index (χ2n) is 17.4. The summed E-state index contributed by atoms with van der Waals surface area (Å²) in [4.78, 5) is 5.10. The van der Waals surface area contributed by atoms with Gasteiger partial charge >= 0.3 is 0 Å². The maximum Gasteiger partial charge on any atom is 0.152 e. The lowest BCUT2D eigenvalue weighted by molar-refractivity contribution is 0.793. The van der Waals surface area contributed by atoms with Crippen molar-refractivity contribution in [2.45, 2.75) is 5.41 Å². The van der Waals surface area contributed by atoms with Gasteiger partial charge in [-0.2, -0.15) is 0 Å². The van der Waals surface area contributed by atoms with E-state index in [9.17, 15) is 5.41 Å². The third kappa shape index (κ3) is 5.67. The fourth-order valence-electron chi connectivity index (χ4n) is 11.1. The number of allylic oxidation sites excluding steroid dienone is 1. The van der Waals surface area contributed by atoms with Crippen LogP contribution in [0.5, 0.6) is 0 Å². The van der Waals surface area contributed by atoms with Crippen LogP contribution in [0.15, 0.2) is 236 Å². The molecule has 0 saturated carbocycles. The highest BCUT2D eigenvalue weighted by Crippen LogP contribution is 2.62. The quantitative estimate of drug-likeness (QED) is 0.0777. The van der Waals surface area contributed by atoms with Crippen molar-refractivity contribution in [1.29, 1.82) is 5.41 Å². The summed E-state index contributed by atoms with van der Waals surface area (Å²) in [6.07, 6.45) is 4.23. The van der Waals surface area contributed by atoms with Gasteiger partial charge in [0.2, 0.25) is 0 Å². The van der Waals surface area contributed by atoms with Crippen molar-refractivity contribution in [2.75, 3.05) is 0 Å². The second kappa shape index (κ2) is 14.6. The van der Waals surface area contributed by atoms with Gasteiger partial charge in [0, 0.05) is 11.1 Å². The molecule has 0 aromatic heterocycles. The highest BCUT2D eigenvalue weighted by Gasteiger charge is 2.51. The first kappa shape index (κ1) is 37.1. The molecule has 2 heteroatoms. The molecule has 0 unspecified atom stereocenters. The number of nitrogens with zero attached hydrogens (tertiary/aromatic N) is 1. The first-order valence-electron chi connectivity index (χ1n) is 22.4. The fourth-order valence-corrected chi connectivity index (χ4v) is 11.1. The van der Waals surface area contributed by atoms with Crippen molar-refractivity contribution in [3.8, 4) is 33.4 Å². The van der Waals surface area contributed by atoms with Gasteiger partial charge in [-0.25, -0.2) is 4.99 Å². The third-order valence-corrected chi connectivity index (χ3v) is 13.9. The van der Waals surface area contributed by atoms with Crippen LogP contribution in [0.4, 0.5) is 0 Å². The summed E-state index contributed by atoms with van der Waals surface area (Å²) in [7, 11) is 0. The smallest absolute Gasteiger partial charge is 0.152 e. The van der Waals surface area contributed by atoms with Crippen LogP contribution < -0.4 is 0 Å². The van der Waals surface area contributed by atoms with E-state index < -0.39 is 5.41 Å². The van der Waals surface area contributed by atoms with E-state index in [1.165, 1.54) is 93.3 Å². The molecule has 2 aliphatic carbocycles. The molecule has 0 amide bonds. The molecular weight excluding hydrogens is 785 g/mol. The van der Waals surface area contributed by atoms with Crippen LogP contribution in [0.3, 0.4) is 0 Å². The summed E-state index contributed by atoms with van der Waals surface area (Å²) < 4.78 is 0. The van der Waals surface area contributed by atoms with E-state index in [4.69, 9.17) is 4.99 Å². The number of rotatable bonds is 5.